The van der Waals surface area contributed by atoms with Crippen LogP contribution in [-0.4, -0.2) is 38.9 Å². The molecule has 2 aromatic heterocycles. The summed E-state index contributed by atoms with van der Waals surface area (Å²) in [4.78, 5) is 22.8. The molecule has 4 unspecified atom stereocenters. The predicted molar refractivity (Wildman–Crippen MR) is 156 cm³/mol. The molecular weight excluding hydrogens is 603 g/mol. The minimum absolute atomic E-state index is 0.0668. The zero-order valence-electron chi connectivity index (χ0n) is 23.0. The number of alkyl halides is 3. The number of aromatic amines is 1. The van der Waals surface area contributed by atoms with E-state index < -0.39 is 47.7 Å². The Hall–Kier alpha value is -3.35. The quantitative estimate of drug-likeness (QED) is 0.217. The molecule has 222 valence electrons. The largest absolute Gasteiger partial charge is 0.356 e. The number of hydrogen-bond acceptors (Lipinski definition) is 3. The Labute approximate surface area is 254 Å². The molecule has 4 aromatic rings. The maximum atomic E-state index is 16.5. The topological polar surface area (TPSA) is 72.8 Å². The highest BCUT2D eigenvalue weighted by atomic mass is 35.5. The van der Waals surface area contributed by atoms with E-state index in [4.69, 9.17) is 23.2 Å². The van der Waals surface area contributed by atoms with Crippen molar-refractivity contribution < 1.29 is 22.4 Å². The van der Waals surface area contributed by atoms with E-state index >= 15 is 8.78 Å². The third-order valence-electron chi connectivity index (χ3n) is 9.51. The summed E-state index contributed by atoms with van der Waals surface area (Å²) in [6.07, 6.45) is -1.41. The van der Waals surface area contributed by atoms with E-state index in [0.29, 0.717) is 45.2 Å². The van der Waals surface area contributed by atoms with Gasteiger partial charge in [-0.05, 0) is 68.7 Å². The highest BCUT2D eigenvalue weighted by molar-refractivity contribution is 6.43. The van der Waals surface area contributed by atoms with Crippen LogP contribution in [-0.2, 0) is 11.2 Å². The molecule has 2 aromatic carbocycles. The van der Waals surface area contributed by atoms with Gasteiger partial charge < -0.3 is 9.88 Å². The summed E-state index contributed by atoms with van der Waals surface area (Å²) in [5.41, 5.74) is 0.771. The molecule has 2 aliphatic carbocycles. The first-order valence-electron chi connectivity index (χ1n) is 14.3. The van der Waals surface area contributed by atoms with Gasteiger partial charge in [-0.1, -0.05) is 35.3 Å². The van der Waals surface area contributed by atoms with Crippen molar-refractivity contribution in [2.75, 3.05) is 0 Å². The van der Waals surface area contributed by atoms with Crippen LogP contribution in [0.3, 0.4) is 0 Å². The first-order chi connectivity index (χ1) is 20.5. The number of nitrogens with one attached hydrogen (secondary N) is 1. The minimum atomic E-state index is -2.56. The molecule has 4 atom stereocenters. The van der Waals surface area contributed by atoms with Gasteiger partial charge in [0.1, 0.15) is 5.52 Å². The molecule has 3 fully saturated rings. The molecule has 7 rings (SSSR count). The molecule has 3 heterocycles. The molecule has 1 aliphatic heterocycles. The monoisotopic (exact) mass is 628 g/mol. The number of fused-ring (bicyclic) bond motifs is 5. The first kappa shape index (κ1) is 28.4. The van der Waals surface area contributed by atoms with E-state index in [1.165, 1.54) is 4.90 Å². The number of likely N-dealkylation sites (tertiary alicyclic amines) is 1. The molecule has 2 bridgehead atoms. The summed E-state index contributed by atoms with van der Waals surface area (Å²) < 4.78 is 59.7. The number of aryl methyl sites for hydroxylation is 2. The summed E-state index contributed by atoms with van der Waals surface area (Å²) in [5, 5.41) is 10.8. The van der Waals surface area contributed by atoms with Crippen molar-refractivity contribution in [3.63, 3.8) is 0 Å². The fourth-order valence-electron chi connectivity index (χ4n) is 7.34. The van der Waals surface area contributed by atoms with E-state index in [1.54, 1.807) is 37.3 Å². The number of piperidine rings is 1. The van der Waals surface area contributed by atoms with Crippen molar-refractivity contribution in [2.45, 2.75) is 69.6 Å². The summed E-state index contributed by atoms with van der Waals surface area (Å²) in [5.74, 6) is -2.71. The third-order valence-corrected chi connectivity index (χ3v) is 10.3. The Balaban J connectivity index is 1.43. The Morgan fingerprint density at radius 1 is 1.23 bits per heavy atom. The lowest BCUT2D eigenvalue weighted by atomic mass is 9.86. The van der Waals surface area contributed by atoms with Gasteiger partial charge in [-0.25, -0.2) is 22.5 Å². The van der Waals surface area contributed by atoms with E-state index in [1.807, 2.05) is 0 Å². The second kappa shape index (κ2) is 10.1. The molecule has 1 amide bonds. The lowest BCUT2D eigenvalue weighted by molar-refractivity contribution is -0.145. The van der Waals surface area contributed by atoms with E-state index in [0.717, 1.165) is 0 Å². The number of pyridine rings is 1. The number of nitriles is 1. The number of H-pyrrole nitrogens is 1. The number of nitrogens with zero attached hydrogens (tertiary/aromatic N) is 3. The number of rotatable bonds is 6. The molecule has 11 heteroatoms. The van der Waals surface area contributed by atoms with Gasteiger partial charge in [0, 0.05) is 51.7 Å². The zero-order chi connectivity index (χ0) is 30.4. The van der Waals surface area contributed by atoms with Crippen molar-refractivity contribution in [2.24, 2.45) is 11.8 Å². The molecule has 5 nitrogen and oxygen atoms in total. The average Bonchev–Trinajstić information content (AvgIpc) is 3.31. The van der Waals surface area contributed by atoms with E-state index in [-0.39, 0.29) is 53.2 Å². The van der Waals surface area contributed by atoms with Crippen LogP contribution in [0.4, 0.5) is 17.6 Å². The molecule has 2 saturated carbocycles. The maximum Gasteiger partial charge on any atom is 0.261 e. The molecule has 43 heavy (non-hydrogen) atoms. The number of aromatic nitrogens is 2. The lowest BCUT2D eigenvalue weighted by Crippen LogP contribution is -2.47. The third kappa shape index (κ3) is 4.32. The number of amides is 1. The Bertz CT molecular complexity index is 1860. The van der Waals surface area contributed by atoms with Crippen LogP contribution in [0.2, 0.25) is 10.0 Å². The molecule has 1 N–H and O–H groups in total. The number of carbonyl (C=O) groups is 1. The molecule has 1 saturated heterocycles. The Morgan fingerprint density at radius 3 is 2.70 bits per heavy atom. The second-order valence-electron chi connectivity index (χ2n) is 12.0. The number of hydrogen-bond donors (Lipinski definition) is 1. The van der Waals surface area contributed by atoms with Gasteiger partial charge in [0.15, 0.2) is 11.5 Å². The Morgan fingerprint density at radius 2 is 2.00 bits per heavy atom. The maximum absolute atomic E-state index is 16.5. The smallest absolute Gasteiger partial charge is 0.261 e. The number of halogens is 6. The van der Waals surface area contributed by atoms with E-state index in [9.17, 15) is 18.8 Å². The summed E-state index contributed by atoms with van der Waals surface area (Å²) >= 11 is 12.8. The van der Waals surface area contributed by atoms with Gasteiger partial charge in [0.2, 0.25) is 6.43 Å². The molecule has 0 spiro atoms. The van der Waals surface area contributed by atoms with Crippen molar-refractivity contribution in [3.05, 3.63) is 63.1 Å². The van der Waals surface area contributed by atoms with Crippen LogP contribution >= 0.6 is 23.2 Å². The van der Waals surface area contributed by atoms with Crippen molar-refractivity contribution >= 4 is 50.9 Å². The van der Waals surface area contributed by atoms with Crippen LogP contribution in [0.25, 0.3) is 32.9 Å². The summed E-state index contributed by atoms with van der Waals surface area (Å²) in [6, 6.07) is 9.35. The fraction of sp³-hybridized carbons (Fsp3) is 0.406. The van der Waals surface area contributed by atoms with Gasteiger partial charge in [-0.2, -0.15) is 5.26 Å². The van der Waals surface area contributed by atoms with Crippen LogP contribution in [0, 0.1) is 35.9 Å². The van der Waals surface area contributed by atoms with Gasteiger partial charge in [-0.15, -0.1) is 0 Å². The molecule has 3 aliphatic rings. The van der Waals surface area contributed by atoms with Crippen molar-refractivity contribution in [1.82, 2.24) is 14.9 Å². The predicted octanol–water partition coefficient (Wildman–Crippen LogP) is 8.64. The standard InChI is InChI=1S/C32H26Cl2F4N4O/c1-14-18-13-23(29-19-11-16(12-20(19)30(36)37)42(29)31(43)32(38)7-8-32)41-27(18)21-10-15(4-3-9-39)24(26(35)28(21)40-14)17-5-2-6-22(33)25(17)34/h2,5-6,10,13,16,19-20,29-30,41H,3-4,7-8,11-12H2,1H3. The zero-order valence-corrected chi connectivity index (χ0v) is 24.5. The van der Waals surface area contributed by atoms with Crippen molar-refractivity contribution in [1.29, 1.82) is 5.26 Å². The van der Waals surface area contributed by atoms with Gasteiger partial charge in [0.25, 0.3) is 5.91 Å². The normalized spacial score (nSPS) is 23.9. The fourth-order valence-corrected chi connectivity index (χ4v) is 7.74. The van der Waals surface area contributed by atoms with Crippen LogP contribution in [0.5, 0.6) is 0 Å². The highest BCUT2D eigenvalue weighted by Crippen LogP contribution is 2.57. The van der Waals surface area contributed by atoms with Gasteiger partial charge in [-0.3, -0.25) is 4.79 Å². The average molecular weight is 629 g/mol. The minimum Gasteiger partial charge on any atom is -0.356 e. The van der Waals surface area contributed by atoms with Crippen LogP contribution < -0.4 is 0 Å². The summed E-state index contributed by atoms with van der Waals surface area (Å²) in [6.45, 7) is 1.72. The lowest BCUT2D eigenvalue weighted by Gasteiger charge is -2.39. The van der Waals surface area contributed by atoms with Crippen molar-refractivity contribution in [3.8, 4) is 17.2 Å². The first-order valence-corrected chi connectivity index (χ1v) is 15.0. The van der Waals surface area contributed by atoms with Crippen LogP contribution in [0.1, 0.15) is 55.1 Å². The number of carbonyl (C=O) groups excluding carboxylic acids is 1. The van der Waals surface area contributed by atoms with E-state index in [2.05, 4.69) is 16.0 Å². The van der Waals surface area contributed by atoms with Crippen LogP contribution in [0.15, 0.2) is 30.3 Å². The molecular formula is C32H26Cl2F4N4O. The molecule has 0 radical (unpaired) electrons. The highest BCUT2D eigenvalue weighted by Gasteiger charge is 2.62. The Kier molecular flexibility index (Phi) is 6.68. The summed E-state index contributed by atoms with van der Waals surface area (Å²) in [7, 11) is 0. The van der Waals surface area contributed by atoms with Gasteiger partial charge in [0.05, 0.1) is 27.7 Å². The van der Waals surface area contributed by atoms with Gasteiger partial charge >= 0.3 is 0 Å². The number of benzene rings is 2. The second-order valence-corrected chi connectivity index (χ2v) is 12.8. The SMILES string of the molecule is Cc1nc2c(F)c(-c3cccc(Cl)c3Cl)c(CCC#N)cc2c2[nH]c(C3C4CC(CC4C(F)F)N3C(=O)C3(F)CC3)cc12.